The van der Waals surface area contributed by atoms with Crippen LogP contribution >= 0.6 is 0 Å². The normalized spacial score (nSPS) is 23.2. The fourth-order valence-electron chi connectivity index (χ4n) is 8.54. The monoisotopic (exact) mass is 727 g/mol. The first-order chi connectivity index (χ1) is 25.8. The smallest absolute Gasteiger partial charge is 0.261 e. The van der Waals surface area contributed by atoms with E-state index in [4.69, 9.17) is 18.6 Å². The second-order valence-corrected chi connectivity index (χ2v) is 19.8. The van der Waals surface area contributed by atoms with E-state index in [-0.39, 0.29) is 35.4 Å². The lowest BCUT2D eigenvalue weighted by Gasteiger charge is -2.44. The Morgan fingerprint density at radius 1 is 0.566 bits per heavy atom. The van der Waals surface area contributed by atoms with Gasteiger partial charge in [-0.1, -0.05) is 172 Å². The highest BCUT2D eigenvalue weighted by Gasteiger charge is 2.59. The Morgan fingerprint density at radius 2 is 1.00 bits per heavy atom. The van der Waals surface area contributed by atoms with Crippen LogP contribution in [0, 0.1) is 0 Å². The molecule has 2 heterocycles. The number of hydrogen-bond acceptors (Lipinski definition) is 6. The van der Waals surface area contributed by atoms with Crippen LogP contribution in [0.4, 0.5) is 0 Å². The van der Waals surface area contributed by atoms with E-state index < -0.39 is 14.4 Å². The van der Waals surface area contributed by atoms with Crippen molar-refractivity contribution in [3.63, 3.8) is 0 Å². The molecule has 2 aliphatic rings. The Balaban J connectivity index is 1.23. The molecule has 5 aromatic carbocycles. The van der Waals surface area contributed by atoms with Gasteiger partial charge in [-0.25, -0.2) is 0 Å². The third-order valence-corrected chi connectivity index (χ3v) is 16.0. The number of fused-ring (bicyclic) bond motifs is 1. The molecular weight excluding hydrogens is 675 g/mol. The predicted octanol–water partition coefficient (Wildman–Crippen LogP) is 7.14. The van der Waals surface area contributed by atoms with Crippen LogP contribution in [0.3, 0.4) is 0 Å². The molecule has 1 N–H and O–H groups in total. The summed E-state index contributed by atoms with van der Waals surface area (Å²) in [7, 11) is -2.87. The largest absolute Gasteiger partial charge is 0.406 e. The number of nitrogens with zero attached hydrogens (tertiary/aromatic N) is 1. The van der Waals surface area contributed by atoms with Gasteiger partial charge in [0, 0.05) is 6.04 Å². The fourth-order valence-corrected chi connectivity index (χ4v) is 13.1. The van der Waals surface area contributed by atoms with Crippen LogP contribution in [-0.2, 0) is 38.5 Å². The van der Waals surface area contributed by atoms with Crippen LogP contribution < -0.4 is 10.4 Å². The lowest BCUT2D eigenvalue weighted by Crippen LogP contribution is -2.67. The number of benzene rings is 5. The second kappa shape index (κ2) is 17.0. The van der Waals surface area contributed by atoms with E-state index in [1.807, 2.05) is 54.6 Å². The van der Waals surface area contributed by atoms with Crippen LogP contribution in [0.5, 0.6) is 0 Å². The molecule has 0 aliphatic carbocycles. The van der Waals surface area contributed by atoms with Crippen LogP contribution in [0.15, 0.2) is 152 Å². The predicted molar refractivity (Wildman–Crippen MR) is 214 cm³/mol. The van der Waals surface area contributed by atoms with Crippen LogP contribution in [0.1, 0.15) is 43.9 Å². The molecule has 2 fully saturated rings. The standard InChI is InChI=1S/C46H53NO5Si/c1-46(2,3)53(38-25-15-7-16-26-38,39-27-17-8-18-28-39)52-34-41-43(48)29-40-44(50-31-36-21-11-5-12-22-36)45(51-32-37-23-13-6-14-24-37)42(47(40)41)33-49-30-35-19-9-4-10-20-35/h4-28,40-45,48H,29-34H2,1-3H3/t40-,41-,42-,43-,44-,45-/m1/s1. The Morgan fingerprint density at radius 3 is 1.47 bits per heavy atom. The maximum absolute atomic E-state index is 12.0. The SMILES string of the molecule is CC(C)(C)[Si](OC[C@@H]1[C@H](O)C[C@@H]2[C@@H](OCc3ccccc3)[C@H](OCc3ccccc3)[C@@H](COCc3ccccc3)N21)(c1ccccc1)c1ccccc1. The van der Waals surface area contributed by atoms with E-state index in [9.17, 15) is 5.11 Å². The summed E-state index contributed by atoms with van der Waals surface area (Å²) >= 11 is 0. The van der Waals surface area contributed by atoms with E-state index in [1.54, 1.807) is 0 Å². The Bertz CT molecular complexity index is 1780. The van der Waals surface area contributed by atoms with Crippen molar-refractivity contribution in [3.8, 4) is 0 Å². The summed E-state index contributed by atoms with van der Waals surface area (Å²) in [6.07, 6.45) is -0.610. The third kappa shape index (κ3) is 8.27. The van der Waals surface area contributed by atoms with Crippen LogP contribution in [0.25, 0.3) is 0 Å². The van der Waals surface area contributed by atoms with Crippen molar-refractivity contribution in [1.82, 2.24) is 4.90 Å². The van der Waals surface area contributed by atoms with Gasteiger partial charge in [-0.2, -0.15) is 0 Å². The van der Waals surface area contributed by atoms with Gasteiger partial charge in [-0.05, 0) is 38.5 Å². The lowest BCUT2D eigenvalue weighted by molar-refractivity contribution is -0.0927. The number of aliphatic hydroxyl groups excluding tert-OH is 1. The summed E-state index contributed by atoms with van der Waals surface area (Å²) in [4.78, 5) is 2.44. The molecule has 2 aliphatic heterocycles. The van der Waals surface area contributed by atoms with E-state index in [1.165, 1.54) is 10.4 Å². The summed E-state index contributed by atoms with van der Waals surface area (Å²) in [6.45, 7) is 9.09. The van der Waals surface area contributed by atoms with Crippen LogP contribution in [-0.4, -0.2) is 68.0 Å². The van der Waals surface area contributed by atoms with E-state index in [0.29, 0.717) is 39.5 Å². The van der Waals surface area contributed by atoms with Crippen molar-refractivity contribution in [3.05, 3.63) is 168 Å². The number of rotatable bonds is 15. The summed E-state index contributed by atoms with van der Waals surface area (Å²) in [5.74, 6) is 0. The summed E-state index contributed by atoms with van der Waals surface area (Å²) in [5, 5.41) is 14.3. The highest BCUT2D eigenvalue weighted by Crippen LogP contribution is 2.43. The molecule has 0 spiro atoms. The van der Waals surface area contributed by atoms with Gasteiger partial charge in [0.2, 0.25) is 0 Å². The molecule has 53 heavy (non-hydrogen) atoms. The summed E-state index contributed by atoms with van der Waals surface area (Å²) < 4.78 is 27.8. The molecule has 2 saturated heterocycles. The van der Waals surface area contributed by atoms with Gasteiger partial charge in [-0.15, -0.1) is 0 Å². The Kier molecular flexibility index (Phi) is 12.0. The van der Waals surface area contributed by atoms with Gasteiger partial charge in [0.25, 0.3) is 8.32 Å². The average Bonchev–Trinajstić information content (AvgIpc) is 3.66. The van der Waals surface area contributed by atoms with Crippen molar-refractivity contribution in [2.24, 2.45) is 0 Å². The quantitative estimate of drug-likeness (QED) is 0.116. The van der Waals surface area contributed by atoms with Crippen molar-refractivity contribution in [2.45, 2.75) is 88.5 Å². The minimum absolute atomic E-state index is 0.0763. The van der Waals surface area contributed by atoms with Crippen molar-refractivity contribution in [2.75, 3.05) is 13.2 Å². The highest BCUT2D eigenvalue weighted by molar-refractivity contribution is 6.99. The first kappa shape index (κ1) is 37.4. The molecule has 0 unspecified atom stereocenters. The molecular formula is C46H53NO5Si. The van der Waals surface area contributed by atoms with Gasteiger partial charge in [-0.3, -0.25) is 4.90 Å². The zero-order valence-corrected chi connectivity index (χ0v) is 32.2. The first-order valence-electron chi connectivity index (χ1n) is 19.0. The van der Waals surface area contributed by atoms with Crippen LogP contribution in [0.2, 0.25) is 5.04 Å². The fraction of sp³-hybridized carbons (Fsp3) is 0.348. The van der Waals surface area contributed by atoms with E-state index in [2.05, 4.69) is 123 Å². The van der Waals surface area contributed by atoms with E-state index in [0.717, 1.165) is 16.7 Å². The molecule has 276 valence electrons. The molecule has 0 saturated carbocycles. The zero-order chi connectivity index (χ0) is 36.7. The summed E-state index contributed by atoms with van der Waals surface area (Å²) in [6, 6.07) is 51.8. The van der Waals surface area contributed by atoms with Crippen molar-refractivity contribution >= 4 is 18.7 Å². The maximum Gasteiger partial charge on any atom is 0.261 e. The minimum Gasteiger partial charge on any atom is -0.406 e. The number of ether oxygens (including phenoxy) is 3. The third-order valence-electron chi connectivity index (χ3n) is 11.0. The second-order valence-electron chi connectivity index (χ2n) is 15.4. The van der Waals surface area contributed by atoms with Gasteiger partial charge in [0.05, 0.1) is 51.2 Å². The van der Waals surface area contributed by atoms with Gasteiger partial charge in [0.1, 0.15) is 12.2 Å². The van der Waals surface area contributed by atoms with Gasteiger partial charge >= 0.3 is 0 Å². The molecule has 0 amide bonds. The molecule has 6 atom stereocenters. The molecule has 0 bridgehead atoms. The Hall–Kier alpha value is -3.92. The number of hydrogen-bond donors (Lipinski definition) is 1. The first-order valence-corrected chi connectivity index (χ1v) is 20.9. The Labute approximate surface area is 316 Å². The highest BCUT2D eigenvalue weighted by atomic mass is 28.4. The molecule has 6 nitrogen and oxygen atoms in total. The lowest BCUT2D eigenvalue weighted by atomic mass is 10.0. The zero-order valence-electron chi connectivity index (χ0n) is 31.2. The van der Waals surface area contributed by atoms with Crippen molar-refractivity contribution < 1.29 is 23.7 Å². The topological polar surface area (TPSA) is 60.4 Å². The average molecular weight is 728 g/mol. The molecule has 0 radical (unpaired) electrons. The van der Waals surface area contributed by atoms with E-state index >= 15 is 0 Å². The minimum atomic E-state index is -2.87. The summed E-state index contributed by atoms with van der Waals surface area (Å²) in [5.41, 5.74) is 3.33. The van der Waals surface area contributed by atoms with Gasteiger partial charge in [0.15, 0.2) is 0 Å². The molecule has 7 heteroatoms. The molecule has 0 aromatic heterocycles. The number of aliphatic hydroxyl groups is 1. The molecule has 5 aromatic rings. The maximum atomic E-state index is 12.0. The van der Waals surface area contributed by atoms with Gasteiger partial charge < -0.3 is 23.7 Å². The van der Waals surface area contributed by atoms with Crippen molar-refractivity contribution in [1.29, 1.82) is 0 Å². The molecule has 7 rings (SSSR count).